The van der Waals surface area contributed by atoms with E-state index in [0.29, 0.717) is 11.6 Å². The molecule has 0 N–H and O–H groups in total. The third kappa shape index (κ3) is 9.10. The molecule has 1 radical (unpaired) electrons. The van der Waals surface area contributed by atoms with Gasteiger partial charge in [0.25, 0.3) is 0 Å². The van der Waals surface area contributed by atoms with Crippen LogP contribution < -0.4 is 5.19 Å². The van der Waals surface area contributed by atoms with Crippen molar-refractivity contribution in [2.45, 2.75) is 105 Å². The molecule has 4 nitrogen and oxygen atoms in total. The van der Waals surface area contributed by atoms with Crippen LogP contribution >= 0.6 is 0 Å². The van der Waals surface area contributed by atoms with Crippen LogP contribution in [-0.2, 0) is 32.9 Å². The van der Waals surface area contributed by atoms with Crippen molar-refractivity contribution in [2.75, 3.05) is 0 Å². The molecule has 0 spiro atoms. The summed E-state index contributed by atoms with van der Waals surface area (Å²) in [5, 5.41) is 3.63. The molecule has 3 aliphatic carbocycles. The molecule has 4 aromatic heterocycles. The van der Waals surface area contributed by atoms with Gasteiger partial charge in [-0.05, 0) is 96.0 Å². The molecule has 0 aliphatic heterocycles. The number of rotatable bonds is 7. The molecule has 3 fully saturated rings. The summed E-state index contributed by atoms with van der Waals surface area (Å²) >= 11 is 0. The zero-order valence-electron chi connectivity index (χ0n) is 32.8. The summed E-state index contributed by atoms with van der Waals surface area (Å²) in [6.45, 7) is 18.4. The molecule has 2 aromatic carbocycles. The van der Waals surface area contributed by atoms with Gasteiger partial charge < -0.3 is 14.4 Å². The summed E-state index contributed by atoms with van der Waals surface area (Å²) in [5.41, 5.74) is 9.75. The third-order valence-corrected chi connectivity index (χ3v) is 13.3. The Bertz CT molecular complexity index is 2150. The summed E-state index contributed by atoms with van der Waals surface area (Å²) in [4.78, 5) is 14.2. The van der Waals surface area contributed by atoms with Gasteiger partial charge in [-0.2, -0.15) is 0 Å². The third-order valence-electron chi connectivity index (χ3n) is 11.2. The number of hydrogen-bond acceptors (Lipinski definition) is 4. The summed E-state index contributed by atoms with van der Waals surface area (Å²) in [6, 6.07) is 29.8. The van der Waals surface area contributed by atoms with Gasteiger partial charge in [0.15, 0.2) is 0 Å². The van der Waals surface area contributed by atoms with Crippen LogP contribution in [0.4, 0.5) is 0 Å². The number of benzene rings is 2. The Morgan fingerprint density at radius 2 is 1.66 bits per heavy atom. The molecule has 2 bridgehead atoms. The molecule has 1 unspecified atom stereocenters. The number of furan rings is 1. The Kier molecular flexibility index (Phi) is 11.9. The largest absolute Gasteiger partial charge is 0.486 e. The van der Waals surface area contributed by atoms with Crippen molar-refractivity contribution in [3.63, 3.8) is 0 Å². The molecular formula is C47H55IrN3OSi-2. The molecule has 4 heterocycles. The van der Waals surface area contributed by atoms with Crippen molar-refractivity contribution in [3.8, 4) is 22.5 Å². The molecule has 3 aliphatic rings. The van der Waals surface area contributed by atoms with Gasteiger partial charge >= 0.3 is 0 Å². The van der Waals surface area contributed by atoms with Crippen LogP contribution in [0.15, 0.2) is 83.5 Å². The van der Waals surface area contributed by atoms with E-state index in [2.05, 4.69) is 115 Å². The molecule has 3 saturated carbocycles. The molecule has 0 amide bonds. The van der Waals surface area contributed by atoms with Crippen LogP contribution in [0, 0.1) is 35.3 Å². The molecular weight excluding hydrogens is 843 g/mol. The minimum absolute atomic E-state index is 0. The molecule has 1 atom stereocenters. The van der Waals surface area contributed by atoms with Gasteiger partial charge in [-0.3, -0.25) is 0 Å². The first-order chi connectivity index (χ1) is 24.8. The minimum atomic E-state index is -1.37. The fraction of sp³-hybridized carbons (Fsp3) is 0.426. The van der Waals surface area contributed by atoms with Crippen LogP contribution in [0.3, 0.4) is 0 Å². The Morgan fingerprint density at radius 1 is 0.868 bits per heavy atom. The maximum Gasteiger partial charge on any atom is 0.216 e. The van der Waals surface area contributed by atoms with E-state index in [1.165, 1.54) is 54.8 Å². The van der Waals surface area contributed by atoms with Gasteiger partial charge in [0.1, 0.15) is 0 Å². The summed E-state index contributed by atoms with van der Waals surface area (Å²) in [6.07, 6.45) is 13.5. The van der Waals surface area contributed by atoms with Crippen LogP contribution in [0.1, 0.15) is 89.5 Å². The van der Waals surface area contributed by atoms with Crippen molar-refractivity contribution < 1.29 is 24.5 Å². The van der Waals surface area contributed by atoms with Crippen molar-refractivity contribution in [2.24, 2.45) is 23.2 Å². The van der Waals surface area contributed by atoms with Gasteiger partial charge in [0, 0.05) is 43.6 Å². The normalized spacial score (nSPS) is 18.5. The van der Waals surface area contributed by atoms with Gasteiger partial charge in [-0.15, -0.1) is 54.1 Å². The Labute approximate surface area is 332 Å². The smallest absolute Gasteiger partial charge is 0.216 e. The average molecular weight is 898 g/mol. The van der Waals surface area contributed by atoms with E-state index < -0.39 is 8.07 Å². The van der Waals surface area contributed by atoms with Crippen LogP contribution in [0.25, 0.3) is 44.6 Å². The quantitative estimate of drug-likeness (QED) is 0.118. The Morgan fingerprint density at radius 3 is 2.32 bits per heavy atom. The topological polar surface area (TPSA) is 51.8 Å². The predicted molar refractivity (Wildman–Crippen MR) is 220 cm³/mol. The van der Waals surface area contributed by atoms with E-state index in [1.54, 1.807) is 0 Å². The van der Waals surface area contributed by atoms with E-state index in [1.807, 2.05) is 30.5 Å². The molecule has 53 heavy (non-hydrogen) atoms. The first-order valence-corrected chi connectivity index (χ1v) is 23.0. The van der Waals surface area contributed by atoms with Gasteiger partial charge in [0.2, 0.25) is 5.71 Å². The number of aromatic nitrogens is 3. The second-order valence-electron chi connectivity index (χ2n) is 18.0. The maximum atomic E-state index is 6.28. The minimum Gasteiger partial charge on any atom is -0.486 e. The van der Waals surface area contributed by atoms with Crippen molar-refractivity contribution in [1.29, 1.82) is 0 Å². The summed E-state index contributed by atoms with van der Waals surface area (Å²) < 4.78 is 6.28. The molecule has 279 valence electrons. The summed E-state index contributed by atoms with van der Waals surface area (Å²) in [7, 11) is -1.37. The van der Waals surface area contributed by atoms with Gasteiger partial charge in [-0.1, -0.05) is 101 Å². The molecule has 6 aromatic rings. The van der Waals surface area contributed by atoms with Gasteiger partial charge in [0.05, 0.1) is 13.7 Å². The fourth-order valence-corrected chi connectivity index (χ4v) is 10.1. The van der Waals surface area contributed by atoms with Crippen LogP contribution in [0.5, 0.6) is 0 Å². The summed E-state index contributed by atoms with van der Waals surface area (Å²) in [5.74, 6) is 3.11. The fourth-order valence-electron chi connectivity index (χ4n) is 8.54. The molecule has 9 rings (SSSR count). The molecule has 0 saturated heterocycles. The predicted octanol–water partition coefficient (Wildman–Crippen LogP) is 12.0. The zero-order valence-corrected chi connectivity index (χ0v) is 36.2. The SMILES string of the molecule is CC(C)(C)Cc1cc(-c2[c-]cccc2)ncc1[Si](C)(C)C.CC(C)c1ccc2c(n1)oc1c(-c3cc(CC4CC5CCC4CC5)ccn3)[c-]ccc12.[Ir]. The van der Waals surface area contributed by atoms with Crippen molar-refractivity contribution in [3.05, 3.63) is 108 Å². The number of hydrogen-bond donors (Lipinski definition) is 0. The van der Waals surface area contributed by atoms with Crippen molar-refractivity contribution in [1.82, 2.24) is 15.0 Å². The van der Waals surface area contributed by atoms with E-state index in [4.69, 9.17) is 19.4 Å². The Hall–Kier alpha value is -3.44. The zero-order chi connectivity index (χ0) is 36.6. The number of fused-ring (bicyclic) bond motifs is 6. The Balaban J connectivity index is 0.000000193. The van der Waals surface area contributed by atoms with Crippen LogP contribution in [0.2, 0.25) is 19.6 Å². The maximum absolute atomic E-state index is 6.28. The second-order valence-corrected chi connectivity index (χ2v) is 23.0. The van der Waals surface area contributed by atoms with E-state index in [9.17, 15) is 0 Å². The number of pyridine rings is 3. The van der Waals surface area contributed by atoms with E-state index >= 15 is 0 Å². The average Bonchev–Trinajstić information content (AvgIpc) is 3.50. The van der Waals surface area contributed by atoms with E-state index in [0.717, 1.165) is 68.7 Å². The second kappa shape index (κ2) is 16.1. The first-order valence-electron chi connectivity index (χ1n) is 19.5. The first kappa shape index (κ1) is 39.3. The monoisotopic (exact) mass is 898 g/mol. The standard InChI is InChI=1S/C28H29N2O.C19H26NSi.Ir/c1-17(2)25-11-10-23-22-4-3-5-24(27(22)31-28(23)30-25)26-16-19(12-13-29-26)15-21-14-18-6-8-20(21)9-7-18;1-19(2,3)13-16-12-17(15-10-8-7-9-11-15)20-14-18(16)21(4,5)6;/h3-4,10-13,16-18,20-21H,6-9,14-15H2,1-2H3;7-10,12,14H,13H2,1-6H3;/q2*-1;. The van der Waals surface area contributed by atoms with Gasteiger partial charge in [-0.25, -0.2) is 4.98 Å². The number of nitrogens with zero attached hydrogens (tertiary/aromatic N) is 3. The molecule has 6 heteroatoms. The van der Waals surface area contributed by atoms with Crippen LogP contribution in [-0.4, -0.2) is 23.0 Å². The van der Waals surface area contributed by atoms with Crippen molar-refractivity contribution >= 4 is 35.3 Å². The van der Waals surface area contributed by atoms with E-state index in [-0.39, 0.29) is 25.5 Å².